The van der Waals surface area contributed by atoms with Gasteiger partial charge in [-0.05, 0) is 48.5 Å². The fraction of sp³-hybridized carbons (Fsp3) is 0.229. The monoisotopic (exact) mass is 558 g/mol. The Balaban J connectivity index is 1.03. The van der Waals surface area contributed by atoms with Crippen molar-refractivity contribution in [3.8, 4) is 0 Å². The topological polar surface area (TPSA) is 64.2 Å². The Hall–Kier alpha value is -4.91. The number of nitrogens with zero attached hydrogens (tertiary/aromatic N) is 4. The number of benzene rings is 4. The van der Waals surface area contributed by atoms with E-state index < -0.39 is 0 Å². The Morgan fingerprint density at radius 1 is 0.381 bits per heavy atom. The minimum atomic E-state index is -0.138. The first-order chi connectivity index (χ1) is 20.6. The summed E-state index contributed by atoms with van der Waals surface area (Å²) in [4.78, 5) is 47.7. The predicted octanol–water partition coefficient (Wildman–Crippen LogP) is 4.84. The first-order valence-electron chi connectivity index (χ1n) is 14.5. The van der Waals surface area contributed by atoms with Gasteiger partial charge in [-0.1, -0.05) is 60.7 Å². The minimum absolute atomic E-state index is 0.0193. The lowest BCUT2D eigenvalue weighted by molar-refractivity contribution is 0.0739. The first kappa shape index (κ1) is 27.3. The van der Waals surface area contributed by atoms with Gasteiger partial charge in [-0.15, -0.1) is 0 Å². The van der Waals surface area contributed by atoms with Crippen molar-refractivity contribution in [2.24, 2.45) is 0 Å². The zero-order valence-electron chi connectivity index (χ0n) is 23.6. The zero-order valence-corrected chi connectivity index (χ0v) is 23.6. The van der Waals surface area contributed by atoms with Gasteiger partial charge in [0.15, 0.2) is 5.78 Å². The maximum Gasteiger partial charge on any atom is 0.253 e. The van der Waals surface area contributed by atoms with Crippen molar-refractivity contribution in [3.63, 3.8) is 0 Å². The van der Waals surface area contributed by atoms with E-state index in [1.54, 1.807) is 48.5 Å². The summed E-state index contributed by atoms with van der Waals surface area (Å²) in [6.45, 7) is 5.77. The molecule has 0 saturated carbocycles. The number of ketones is 1. The van der Waals surface area contributed by atoms with Crippen LogP contribution in [0.3, 0.4) is 0 Å². The maximum absolute atomic E-state index is 13.2. The number of carbonyl (C=O) groups is 3. The summed E-state index contributed by atoms with van der Waals surface area (Å²) in [5, 5.41) is 0. The fourth-order valence-electron chi connectivity index (χ4n) is 5.67. The van der Waals surface area contributed by atoms with E-state index >= 15 is 0 Å². The molecule has 2 heterocycles. The Labute approximate surface area is 246 Å². The smallest absolute Gasteiger partial charge is 0.253 e. The number of anilines is 2. The van der Waals surface area contributed by atoms with E-state index in [-0.39, 0.29) is 17.6 Å². The molecule has 2 saturated heterocycles. The van der Waals surface area contributed by atoms with Crippen LogP contribution in [-0.4, -0.2) is 79.8 Å². The van der Waals surface area contributed by atoms with E-state index in [9.17, 15) is 14.4 Å². The molecular weight excluding hydrogens is 524 g/mol. The van der Waals surface area contributed by atoms with Crippen molar-refractivity contribution >= 4 is 29.0 Å². The molecular formula is C35H34N4O3. The van der Waals surface area contributed by atoms with Crippen LogP contribution >= 0.6 is 0 Å². The lowest BCUT2D eigenvalue weighted by Gasteiger charge is -2.36. The lowest BCUT2D eigenvalue weighted by atomic mass is 10.00. The minimum Gasteiger partial charge on any atom is -0.368 e. The molecule has 0 N–H and O–H groups in total. The molecule has 4 aromatic carbocycles. The van der Waals surface area contributed by atoms with Crippen molar-refractivity contribution in [1.29, 1.82) is 0 Å². The number of carbonyl (C=O) groups excluding carboxylic acids is 3. The summed E-state index contributed by atoms with van der Waals surface area (Å²) in [5.41, 5.74) is 4.52. The number of rotatable bonds is 6. The third-order valence-electron chi connectivity index (χ3n) is 8.16. The van der Waals surface area contributed by atoms with Gasteiger partial charge in [-0.3, -0.25) is 14.4 Å². The predicted molar refractivity (Wildman–Crippen MR) is 165 cm³/mol. The average Bonchev–Trinajstić information content (AvgIpc) is 3.08. The highest BCUT2D eigenvalue weighted by atomic mass is 16.2. The van der Waals surface area contributed by atoms with E-state index in [0.29, 0.717) is 48.4 Å². The van der Waals surface area contributed by atoms with Crippen LogP contribution < -0.4 is 9.80 Å². The molecule has 0 atom stereocenters. The molecule has 0 aliphatic carbocycles. The molecule has 42 heavy (non-hydrogen) atoms. The van der Waals surface area contributed by atoms with Gasteiger partial charge in [0.05, 0.1) is 0 Å². The Morgan fingerprint density at radius 2 is 0.690 bits per heavy atom. The van der Waals surface area contributed by atoms with Crippen LogP contribution in [-0.2, 0) is 0 Å². The van der Waals surface area contributed by atoms with Gasteiger partial charge in [0, 0.05) is 86.0 Å². The standard InChI is InChI=1S/C35H34N4O3/c40-33(27-11-15-29(16-12-27)34(41)38-23-19-36(20-24-38)31-7-3-1-4-8-31)28-13-17-30(18-14-28)35(42)39-25-21-37(22-26-39)32-9-5-2-6-10-32/h1-18H,19-26H2. The van der Waals surface area contributed by atoms with Crippen molar-refractivity contribution in [3.05, 3.63) is 131 Å². The summed E-state index contributed by atoms with van der Waals surface area (Å²) in [7, 11) is 0. The molecule has 0 radical (unpaired) electrons. The lowest BCUT2D eigenvalue weighted by Crippen LogP contribution is -2.48. The van der Waals surface area contributed by atoms with E-state index in [2.05, 4.69) is 34.1 Å². The summed E-state index contributed by atoms with van der Waals surface area (Å²) >= 11 is 0. The number of hydrogen-bond donors (Lipinski definition) is 0. The van der Waals surface area contributed by atoms with Gasteiger partial charge in [0.25, 0.3) is 11.8 Å². The van der Waals surface area contributed by atoms with Crippen LogP contribution in [0.15, 0.2) is 109 Å². The molecule has 0 unspecified atom stereocenters. The highest BCUT2D eigenvalue weighted by molar-refractivity contribution is 6.10. The molecule has 212 valence electrons. The summed E-state index contributed by atoms with van der Waals surface area (Å²) in [6.07, 6.45) is 0. The average molecular weight is 559 g/mol. The molecule has 2 fully saturated rings. The molecule has 0 spiro atoms. The second-order valence-corrected chi connectivity index (χ2v) is 10.7. The molecule has 4 aromatic rings. The van der Waals surface area contributed by atoms with Crippen LogP contribution in [0, 0.1) is 0 Å². The molecule has 2 aliphatic rings. The second-order valence-electron chi connectivity index (χ2n) is 10.7. The van der Waals surface area contributed by atoms with E-state index in [1.165, 1.54) is 11.4 Å². The maximum atomic E-state index is 13.2. The Morgan fingerprint density at radius 3 is 1.02 bits per heavy atom. The molecule has 7 nitrogen and oxygen atoms in total. The molecule has 0 bridgehead atoms. The van der Waals surface area contributed by atoms with E-state index in [0.717, 1.165) is 26.2 Å². The van der Waals surface area contributed by atoms with Gasteiger partial charge in [-0.25, -0.2) is 0 Å². The highest BCUT2D eigenvalue weighted by Gasteiger charge is 2.24. The molecule has 6 rings (SSSR count). The van der Waals surface area contributed by atoms with Gasteiger partial charge in [0.2, 0.25) is 0 Å². The van der Waals surface area contributed by atoms with Crippen molar-refractivity contribution in [1.82, 2.24) is 9.80 Å². The summed E-state index contributed by atoms with van der Waals surface area (Å²) in [6, 6.07) is 34.2. The van der Waals surface area contributed by atoms with Crippen LogP contribution in [0.4, 0.5) is 11.4 Å². The zero-order chi connectivity index (χ0) is 28.9. The van der Waals surface area contributed by atoms with Crippen LogP contribution in [0.1, 0.15) is 36.6 Å². The molecule has 2 amide bonds. The third-order valence-corrected chi connectivity index (χ3v) is 8.16. The first-order valence-corrected chi connectivity index (χ1v) is 14.5. The normalized spacial score (nSPS) is 15.4. The molecule has 7 heteroatoms. The Kier molecular flexibility index (Phi) is 7.99. The number of piperazine rings is 2. The SMILES string of the molecule is O=C(c1ccc(C(=O)N2CCN(c3ccccc3)CC2)cc1)c1ccc(C(=O)N2CCN(c3ccccc3)CC2)cc1. The van der Waals surface area contributed by atoms with Gasteiger partial charge >= 0.3 is 0 Å². The molecule has 0 aromatic heterocycles. The molecule has 2 aliphatic heterocycles. The Bertz CT molecular complexity index is 1410. The van der Waals surface area contributed by atoms with Crippen molar-refractivity contribution < 1.29 is 14.4 Å². The van der Waals surface area contributed by atoms with Gasteiger partial charge in [0.1, 0.15) is 0 Å². The van der Waals surface area contributed by atoms with E-state index in [1.807, 2.05) is 46.2 Å². The van der Waals surface area contributed by atoms with E-state index in [4.69, 9.17) is 0 Å². The van der Waals surface area contributed by atoms with Gasteiger partial charge in [-0.2, -0.15) is 0 Å². The largest absolute Gasteiger partial charge is 0.368 e. The van der Waals surface area contributed by atoms with Crippen LogP contribution in [0.2, 0.25) is 0 Å². The van der Waals surface area contributed by atoms with Crippen LogP contribution in [0.25, 0.3) is 0 Å². The van der Waals surface area contributed by atoms with Crippen molar-refractivity contribution in [2.75, 3.05) is 62.2 Å². The highest BCUT2D eigenvalue weighted by Crippen LogP contribution is 2.20. The number of para-hydroxylation sites is 2. The van der Waals surface area contributed by atoms with Crippen LogP contribution in [0.5, 0.6) is 0 Å². The third kappa shape index (κ3) is 5.91. The fourth-order valence-corrected chi connectivity index (χ4v) is 5.67. The summed E-state index contributed by atoms with van der Waals surface area (Å²) in [5.74, 6) is -0.177. The quantitative estimate of drug-likeness (QED) is 0.317. The number of hydrogen-bond acceptors (Lipinski definition) is 5. The number of amides is 2. The van der Waals surface area contributed by atoms with Crippen molar-refractivity contribution in [2.45, 2.75) is 0 Å². The second kappa shape index (κ2) is 12.3. The summed E-state index contributed by atoms with van der Waals surface area (Å²) < 4.78 is 0. The van der Waals surface area contributed by atoms with Gasteiger partial charge < -0.3 is 19.6 Å².